The topological polar surface area (TPSA) is 101 Å². The molecule has 0 amide bonds. The van der Waals surface area contributed by atoms with Crippen molar-refractivity contribution in [1.82, 2.24) is 4.98 Å². The van der Waals surface area contributed by atoms with Crippen LogP contribution in [0.3, 0.4) is 0 Å². The zero-order valence-electron chi connectivity index (χ0n) is 14.7. The van der Waals surface area contributed by atoms with Crippen LogP contribution in [-0.4, -0.2) is 9.91 Å². The number of fused-ring (bicyclic) bond motifs is 1. The Bertz CT molecular complexity index is 967. The first-order chi connectivity index (χ1) is 13.1. The van der Waals surface area contributed by atoms with Gasteiger partial charge in [0.15, 0.2) is 0 Å². The van der Waals surface area contributed by atoms with Gasteiger partial charge in [0.1, 0.15) is 23.8 Å². The number of rotatable bonds is 4. The van der Waals surface area contributed by atoms with Gasteiger partial charge in [-0.05, 0) is 23.8 Å². The predicted molar refractivity (Wildman–Crippen MR) is 106 cm³/mol. The minimum absolute atomic E-state index is 0. The molecule has 1 aromatic heterocycles. The van der Waals surface area contributed by atoms with E-state index in [1.165, 1.54) is 12.1 Å². The van der Waals surface area contributed by atoms with Gasteiger partial charge in [-0.1, -0.05) is 30.3 Å². The van der Waals surface area contributed by atoms with Crippen LogP contribution in [0, 0.1) is 10.1 Å². The van der Waals surface area contributed by atoms with E-state index < -0.39 is 4.92 Å². The molecule has 2 unspecified atom stereocenters. The summed E-state index contributed by atoms with van der Waals surface area (Å²) in [5, 5.41) is 10.7. The molecule has 2 aromatic carbocycles. The molecule has 0 aliphatic carbocycles. The summed E-state index contributed by atoms with van der Waals surface area (Å²) in [5.74, 6) is 1.55. The van der Waals surface area contributed by atoms with Crippen LogP contribution in [0.15, 0.2) is 66.9 Å². The zero-order valence-corrected chi connectivity index (χ0v) is 15.5. The van der Waals surface area contributed by atoms with Crippen LogP contribution in [0.2, 0.25) is 0 Å². The highest BCUT2D eigenvalue weighted by molar-refractivity contribution is 5.85. The maximum absolute atomic E-state index is 10.7. The summed E-state index contributed by atoms with van der Waals surface area (Å²) in [7, 11) is 0. The number of hydrogen-bond donors (Lipinski definition) is 1. The van der Waals surface area contributed by atoms with Gasteiger partial charge in [0.25, 0.3) is 5.69 Å². The molecule has 0 spiro atoms. The van der Waals surface area contributed by atoms with Crippen molar-refractivity contribution in [2.45, 2.75) is 18.6 Å². The molecule has 28 heavy (non-hydrogen) atoms. The highest BCUT2D eigenvalue weighted by atomic mass is 35.5. The van der Waals surface area contributed by atoms with Crippen molar-refractivity contribution in [2.24, 2.45) is 5.73 Å². The molecule has 2 heterocycles. The summed E-state index contributed by atoms with van der Waals surface area (Å²) in [6.07, 6.45) is 1.74. The molecule has 2 N–H and O–H groups in total. The van der Waals surface area contributed by atoms with Gasteiger partial charge in [-0.15, -0.1) is 12.4 Å². The Kier molecular flexibility index (Phi) is 5.77. The number of aromatic nitrogens is 1. The summed E-state index contributed by atoms with van der Waals surface area (Å²) in [5.41, 5.74) is 8.23. The van der Waals surface area contributed by atoms with Gasteiger partial charge in [0.05, 0.1) is 4.92 Å². The Labute approximate surface area is 167 Å². The van der Waals surface area contributed by atoms with E-state index in [1.807, 2.05) is 42.5 Å². The molecule has 3 aromatic rings. The van der Waals surface area contributed by atoms with Gasteiger partial charge < -0.3 is 15.2 Å². The van der Waals surface area contributed by atoms with E-state index in [2.05, 4.69) is 4.98 Å². The Morgan fingerprint density at radius 1 is 1.14 bits per heavy atom. The number of nitrogens with two attached hydrogens (primary N) is 1. The maximum atomic E-state index is 10.7. The molecular weight excluding hydrogens is 382 g/mol. The van der Waals surface area contributed by atoms with E-state index >= 15 is 0 Å². The van der Waals surface area contributed by atoms with Crippen LogP contribution in [0.4, 0.5) is 5.69 Å². The monoisotopic (exact) mass is 399 g/mol. The molecule has 144 valence electrons. The van der Waals surface area contributed by atoms with Crippen LogP contribution in [-0.2, 0) is 0 Å². The zero-order chi connectivity index (χ0) is 18.8. The normalized spacial score (nSPS) is 17.6. The largest absolute Gasteiger partial charge is 0.485 e. The second-order valence-corrected chi connectivity index (χ2v) is 6.27. The van der Waals surface area contributed by atoms with Crippen LogP contribution < -0.4 is 15.2 Å². The van der Waals surface area contributed by atoms with Crippen molar-refractivity contribution < 1.29 is 14.4 Å². The second kappa shape index (κ2) is 8.24. The van der Waals surface area contributed by atoms with Gasteiger partial charge in [0, 0.05) is 30.2 Å². The Hall–Kier alpha value is -3.16. The number of benzene rings is 2. The Balaban J connectivity index is 0.00000225. The average Bonchev–Trinajstić information content (AvgIpc) is 2.69. The van der Waals surface area contributed by atoms with Gasteiger partial charge in [-0.2, -0.15) is 0 Å². The fourth-order valence-electron chi connectivity index (χ4n) is 3.08. The lowest BCUT2D eigenvalue weighted by atomic mass is 9.93. The predicted octanol–water partition coefficient (Wildman–Crippen LogP) is 4.73. The molecule has 8 heteroatoms. The van der Waals surface area contributed by atoms with Crippen molar-refractivity contribution in [2.75, 3.05) is 0 Å². The van der Waals surface area contributed by atoms with E-state index in [1.54, 1.807) is 6.07 Å². The highest BCUT2D eigenvalue weighted by Crippen LogP contribution is 2.41. The van der Waals surface area contributed by atoms with Crippen molar-refractivity contribution >= 4 is 18.1 Å². The molecular formula is C20H18ClN3O4. The van der Waals surface area contributed by atoms with E-state index in [0.29, 0.717) is 12.2 Å². The SMILES string of the molecule is Cl.NC1CC(c2ccccc2)Oc2ccc(Oc3ccc([N+](=O)[O-])cn3)cc21. The summed E-state index contributed by atoms with van der Waals surface area (Å²) < 4.78 is 11.8. The van der Waals surface area contributed by atoms with Gasteiger partial charge in [-0.3, -0.25) is 10.1 Å². The molecule has 0 saturated heterocycles. The molecule has 2 atom stereocenters. The smallest absolute Gasteiger partial charge is 0.287 e. The summed E-state index contributed by atoms with van der Waals surface area (Å²) in [4.78, 5) is 14.1. The number of ether oxygens (including phenoxy) is 2. The molecule has 0 saturated carbocycles. The van der Waals surface area contributed by atoms with Gasteiger partial charge in [0.2, 0.25) is 5.88 Å². The molecule has 0 fully saturated rings. The van der Waals surface area contributed by atoms with E-state index in [-0.39, 0.29) is 36.1 Å². The number of hydrogen-bond acceptors (Lipinski definition) is 6. The minimum atomic E-state index is -0.505. The number of nitro groups is 1. The van der Waals surface area contributed by atoms with Crippen molar-refractivity contribution in [3.05, 3.63) is 88.1 Å². The van der Waals surface area contributed by atoms with E-state index in [9.17, 15) is 10.1 Å². The van der Waals surface area contributed by atoms with Crippen LogP contribution in [0.25, 0.3) is 0 Å². The van der Waals surface area contributed by atoms with E-state index in [0.717, 1.165) is 23.1 Å². The fourth-order valence-corrected chi connectivity index (χ4v) is 3.08. The van der Waals surface area contributed by atoms with Crippen molar-refractivity contribution in [3.8, 4) is 17.4 Å². The minimum Gasteiger partial charge on any atom is -0.485 e. The third kappa shape index (κ3) is 4.05. The lowest BCUT2D eigenvalue weighted by molar-refractivity contribution is -0.385. The maximum Gasteiger partial charge on any atom is 0.287 e. The molecule has 0 bridgehead atoms. The third-order valence-corrected chi connectivity index (χ3v) is 4.44. The molecule has 1 aliphatic rings. The standard InChI is InChI=1S/C20H17N3O4.ClH/c21-17-11-19(13-4-2-1-3-5-13)27-18-8-7-15(10-16(17)18)26-20-9-6-14(12-22-20)23(24)25;/h1-10,12,17,19H,11,21H2;1H. The van der Waals surface area contributed by atoms with Gasteiger partial charge >= 0.3 is 0 Å². The third-order valence-electron chi connectivity index (χ3n) is 4.44. The van der Waals surface area contributed by atoms with Crippen LogP contribution in [0.1, 0.15) is 29.7 Å². The summed E-state index contributed by atoms with van der Waals surface area (Å²) in [6.45, 7) is 0. The number of pyridine rings is 1. The molecule has 4 rings (SSSR count). The Morgan fingerprint density at radius 3 is 2.61 bits per heavy atom. The number of halogens is 1. The first-order valence-electron chi connectivity index (χ1n) is 8.49. The first kappa shape index (κ1) is 19.6. The number of nitrogens with zero attached hydrogens (tertiary/aromatic N) is 2. The average molecular weight is 400 g/mol. The highest BCUT2D eigenvalue weighted by Gasteiger charge is 2.27. The van der Waals surface area contributed by atoms with Gasteiger partial charge in [-0.25, -0.2) is 4.98 Å². The lowest BCUT2D eigenvalue weighted by Crippen LogP contribution is -2.24. The first-order valence-corrected chi connectivity index (χ1v) is 8.49. The molecule has 7 nitrogen and oxygen atoms in total. The van der Waals surface area contributed by atoms with Crippen LogP contribution in [0.5, 0.6) is 17.4 Å². The van der Waals surface area contributed by atoms with E-state index in [4.69, 9.17) is 15.2 Å². The van der Waals surface area contributed by atoms with Crippen molar-refractivity contribution in [1.29, 1.82) is 0 Å². The van der Waals surface area contributed by atoms with Crippen LogP contribution >= 0.6 is 12.4 Å². The quantitative estimate of drug-likeness (QED) is 0.502. The summed E-state index contributed by atoms with van der Waals surface area (Å²) >= 11 is 0. The van der Waals surface area contributed by atoms with Crippen molar-refractivity contribution in [3.63, 3.8) is 0 Å². The summed E-state index contributed by atoms with van der Waals surface area (Å²) in [6, 6.07) is 18.0. The molecule has 0 radical (unpaired) electrons. The molecule has 1 aliphatic heterocycles. The Morgan fingerprint density at radius 2 is 1.93 bits per heavy atom. The lowest BCUT2D eigenvalue weighted by Gasteiger charge is -2.30. The second-order valence-electron chi connectivity index (χ2n) is 6.27. The fraction of sp³-hybridized carbons (Fsp3) is 0.150.